The topological polar surface area (TPSA) is 51.6 Å². The van der Waals surface area contributed by atoms with E-state index in [4.69, 9.17) is 0 Å². The molecular formula is C24H18N4. The molecule has 4 heteroatoms. The van der Waals surface area contributed by atoms with Crippen LogP contribution in [0.25, 0.3) is 35.7 Å². The van der Waals surface area contributed by atoms with E-state index in [1.54, 1.807) is 24.8 Å². The molecule has 0 aliphatic carbocycles. The molecule has 0 N–H and O–H groups in total. The Labute approximate surface area is 164 Å². The Morgan fingerprint density at radius 3 is 1.21 bits per heavy atom. The third-order valence-electron chi connectivity index (χ3n) is 4.18. The quantitative estimate of drug-likeness (QED) is 0.485. The predicted molar refractivity (Wildman–Crippen MR) is 114 cm³/mol. The summed E-state index contributed by atoms with van der Waals surface area (Å²) in [4.78, 5) is 17.0. The van der Waals surface area contributed by atoms with Crippen molar-refractivity contribution >= 4 is 24.3 Å². The van der Waals surface area contributed by atoms with Crippen LogP contribution in [0.4, 0.5) is 0 Å². The van der Waals surface area contributed by atoms with Crippen molar-refractivity contribution < 1.29 is 0 Å². The maximum absolute atomic E-state index is 4.49. The molecule has 0 aromatic carbocycles. The molecule has 4 aromatic heterocycles. The summed E-state index contributed by atoms with van der Waals surface area (Å²) in [5.74, 6) is 0. The Bertz CT molecular complexity index is 1010. The largest absolute Gasteiger partial charge is 0.265 e. The summed E-state index contributed by atoms with van der Waals surface area (Å²) in [5.41, 5.74) is 6.04. The Morgan fingerprint density at radius 2 is 0.786 bits per heavy atom. The van der Waals surface area contributed by atoms with E-state index < -0.39 is 0 Å². The summed E-state index contributed by atoms with van der Waals surface area (Å²) in [6.45, 7) is 0. The van der Waals surface area contributed by atoms with Gasteiger partial charge in [0.25, 0.3) is 0 Å². The van der Waals surface area contributed by atoms with Gasteiger partial charge in [0.1, 0.15) is 0 Å². The highest BCUT2D eigenvalue weighted by molar-refractivity contribution is 5.73. The summed E-state index contributed by atoms with van der Waals surface area (Å²) in [5, 5.41) is 0. The number of rotatable bonds is 5. The Balaban J connectivity index is 1.56. The Kier molecular flexibility index (Phi) is 5.40. The first-order valence-electron chi connectivity index (χ1n) is 8.95. The van der Waals surface area contributed by atoms with Gasteiger partial charge in [-0.05, 0) is 70.8 Å². The maximum atomic E-state index is 4.49. The van der Waals surface area contributed by atoms with Crippen LogP contribution < -0.4 is 0 Å². The minimum absolute atomic E-state index is 0.844. The van der Waals surface area contributed by atoms with E-state index in [0.717, 1.165) is 33.6 Å². The fourth-order valence-electron chi connectivity index (χ4n) is 2.72. The van der Waals surface area contributed by atoms with Crippen molar-refractivity contribution in [2.75, 3.05) is 0 Å². The molecule has 0 aliphatic rings. The molecule has 0 saturated heterocycles. The molecule has 0 aliphatic heterocycles. The molecule has 0 spiro atoms. The minimum Gasteiger partial charge on any atom is -0.265 e. The van der Waals surface area contributed by atoms with Crippen molar-refractivity contribution in [3.8, 4) is 11.4 Å². The van der Waals surface area contributed by atoms with Crippen molar-refractivity contribution in [1.29, 1.82) is 0 Å². The zero-order chi connectivity index (χ0) is 19.0. The molecule has 0 amide bonds. The zero-order valence-corrected chi connectivity index (χ0v) is 15.2. The molecule has 0 bridgehead atoms. The number of hydrogen-bond donors (Lipinski definition) is 0. The van der Waals surface area contributed by atoms with Gasteiger partial charge in [0.15, 0.2) is 0 Å². The monoisotopic (exact) mass is 362 g/mol. The summed E-state index contributed by atoms with van der Waals surface area (Å²) in [6.07, 6.45) is 19.0. The van der Waals surface area contributed by atoms with E-state index in [0.29, 0.717) is 0 Å². The van der Waals surface area contributed by atoms with Gasteiger partial charge in [0, 0.05) is 37.2 Å². The number of nitrogens with zero attached hydrogens (tertiary/aromatic N) is 4. The maximum Gasteiger partial charge on any atom is 0.0892 e. The molecule has 0 unspecified atom stereocenters. The van der Waals surface area contributed by atoms with Crippen LogP contribution in [0.15, 0.2) is 85.7 Å². The molecule has 4 nitrogen and oxygen atoms in total. The predicted octanol–water partition coefficient (Wildman–Crippen LogP) is 5.27. The van der Waals surface area contributed by atoms with Crippen molar-refractivity contribution in [2.24, 2.45) is 0 Å². The third-order valence-corrected chi connectivity index (χ3v) is 4.18. The lowest BCUT2D eigenvalue weighted by atomic mass is 10.1. The fourth-order valence-corrected chi connectivity index (χ4v) is 2.72. The van der Waals surface area contributed by atoms with Crippen molar-refractivity contribution in [3.05, 3.63) is 108 Å². The van der Waals surface area contributed by atoms with Gasteiger partial charge in [-0.25, -0.2) is 0 Å². The van der Waals surface area contributed by atoms with Crippen molar-refractivity contribution in [3.63, 3.8) is 0 Å². The fraction of sp³-hybridized carbons (Fsp3) is 0. The van der Waals surface area contributed by atoms with Crippen LogP contribution >= 0.6 is 0 Å². The second kappa shape index (κ2) is 8.64. The molecule has 28 heavy (non-hydrogen) atoms. The molecule has 0 atom stereocenters. The van der Waals surface area contributed by atoms with Crippen LogP contribution in [-0.2, 0) is 0 Å². The van der Waals surface area contributed by atoms with E-state index in [1.807, 2.05) is 60.9 Å². The van der Waals surface area contributed by atoms with Crippen LogP contribution in [0.5, 0.6) is 0 Å². The molecule has 0 saturated carbocycles. The smallest absolute Gasteiger partial charge is 0.0892 e. The molecule has 4 aromatic rings. The van der Waals surface area contributed by atoms with E-state index in [1.165, 1.54) is 0 Å². The average molecular weight is 362 g/mol. The van der Waals surface area contributed by atoms with Gasteiger partial charge in [-0.3, -0.25) is 19.9 Å². The van der Waals surface area contributed by atoms with Gasteiger partial charge in [0.2, 0.25) is 0 Å². The molecule has 134 valence electrons. The number of aromatic nitrogens is 4. The van der Waals surface area contributed by atoms with E-state index in [-0.39, 0.29) is 0 Å². The van der Waals surface area contributed by atoms with Gasteiger partial charge in [-0.2, -0.15) is 0 Å². The third kappa shape index (κ3) is 4.62. The lowest BCUT2D eigenvalue weighted by Crippen LogP contribution is -1.88. The number of hydrogen-bond acceptors (Lipinski definition) is 4. The van der Waals surface area contributed by atoms with Crippen LogP contribution in [-0.4, -0.2) is 19.9 Å². The van der Waals surface area contributed by atoms with E-state index >= 15 is 0 Å². The highest BCUT2D eigenvalue weighted by atomic mass is 14.8. The van der Waals surface area contributed by atoms with Crippen LogP contribution in [0.1, 0.15) is 22.3 Å². The molecule has 4 rings (SSSR count). The molecule has 0 radical (unpaired) electrons. The summed E-state index contributed by atoms with van der Waals surface area (Å²) in [6, 6.07) is 15.9. The number of pyridine rings is 4. The van der Waals surface area contributed by atoms with Crippen molar-refractivity contribution in [1.82, 2.24) is 19.9 Å². The average Bonchev–Trinajstić information content (AvgIpc) is 2.78. The van der Waals surface area contributed by atoms with Gasteiger partial charge in [0.05, 0.1) is 11.4 Å². The first-order chi connectivity index (χ1) is 13.9. The zero-order valence-electron chi connectivity index (χ0n) is 15.2. The van der Waals surface area contributed by atoms with Crippen molar-refractivity contribution in [2.45, 2.75) is 0 Å². The highest BCUT2D eigenvalue weighted by Gasteiger charge is 2.02. The van der Waals surface area contributed by atoms with Gasteiger partial charge in [-0.1, -0.05) is 24.3 Å². The summed E-state index contributed by atoms with van der Waals surface area (Å²) in [7, 11) is 0. The van der Waals surface area contributed by atoms with E-state index in [2.05, 4.69) is 44.2 Å². The van der Waals surface area contributed by atoms with E-state index in [9.17, 15) is 0 Å². The lowest BCUT2D eigenvalue weighted by Gasteiger charge is -2.03. The standard InChI is InChI=1S/C24H18N4/c1(19-5-11-25-12-6-19)3-21-9-15-27-23(17-21)24-18-22(10-16-28-24)4-2-20-7-13-26-14-8-20/h1-18H/b3-1+,4-2+. The first-order valence-corrected chi connectivity index (χ1v) is 8.95. The SMILES string of the molecule is C(=C\c1ccnc(-c2cc(/C=C/c3ccncc3)ccn2)c1)/c1ccncc1. The highest BCUT2D eigenvalue weighted by Crippen LogP contribution is 2.19. The second-order valence-electron chi connectivity index (χ2n) is 6.18. The lowest BCUT2D eigenvalue weighted by molar-refractivity contribution is 1.24. The van der Waals surface area contributed by atoms with Gasteiger partial charge >= 0.3 is 0 Å². The Hall–Kier alpha value is -3.92. The molecule has 4 heterocycles. The Morgan fingerprint density at radius 1 is 0.429 bits per heavy atom. The second-order valence-corrected chi connectivity index (χ2v) is 6.18. The summed E-state index contributed by atoms with van der Waals surface area (Å²) < 4.78 is 0. The summed E-state index contributed by atoms with van der Waals surface area (Å²) >= 11 is 0. The molecule has 0 fully saturated rings. The van der Waals surface area contributed by atoms with Gasteiger partial charge in [-0.15, -0.1) is 0 Å². The first kappa shape index (κ1) is 17.5. The van der Waals surface area contributed by atoms with Crippen LogP contribution in [0, 0.1) is 0 Å². The van der Waals surface area contributed by atoms with Crippen LogP contribution in [0.3, 0.4) is 0 Å². The minimum atomic E-state index is 0.844. The molecular weight excluding hydrogens is 344 g/mol. The normalized spacial score (nSPS) is 11.3. The van der Waals surface area contributed by atoms with Crippen LogP contribution in [0.2, 0.25) is 0 Å². The van der Waals surface area contributed by atoms with Gasteiger partial charge < -0.3 is 0 Å².